The van der Waals surface area contributed by atoms with Gasteiger partial charge in [-0.15, -0.1) is 0 Å². The predicted octanol–water partition coefficient (Wildman–Crippen LogP) is 3.67. The summed E-state index contributed by atoms with van der Waals surface area (Å²) in [6.07, 6.45) is 1.20. The predicted molar refractivity (Wildman–Crippen MR) is 80.2 cm³/mol. The number of hydrogen-bond donors (Lipinski definition) is 1. The number of nitrogens with one attached hydrogen (secondary N) is 1. The molecule has 3 unspecified atom stereocenters. The maximum Gasteiger partial charge on any atom is 0.162 e. The van der Waals surface area contributed by atoms with Gasteiger partial charge in [0.1, 0.15) is 16.6 Å². The summed E-state index contributed by atoms with van der Waals surface area (Å²) in [6, 6.07) is 10.8. The second-order valence-electron chi connectivity index (χ2n) is 5.43. The minimum atomic E-state index is 0.307. The molecule has 0 saturated heterocycles. The van der Waals surface area contributed by atoms with Gasteiger partial charge >= 0.3 is 0 Å². The van der Waals surface area contributed by atoms with Gasteiger partial charge in [0.2, 0.25) is 0 Å². The third-order valence-corrected chi connectivity index (χ3v) is 5.64. The van der Waals surface area contributed by atoms with Crippen molar-refractivity contribution in [2.45, 2.75) is 12.3 Å². The van der Waals surface area contributed by atoms with Crippen LogP contribution in [0.5, 0.6) is 0 Å². The molecule has 1 aromatic carbocycles. The van der Waals surface area contributed by atoms with Gasteiger partial charge in [-0.1, -0.05) is 35.9 Å². The van der Waals surface area contributed by atoms with E-state index in [4.69, 9.17) is 16.9 Å². The molecular weight excluding hydrogens is 290 g/mol. The Morgan fingerprint density at radius 1 is 1.45 bits per heavy atom. The summed E-state index contributed by atoms with van der Waals surface area (Å²) < 4.78 is 4.02. The van der Waals surface area contributed by atoms with Crippen LogP contribution < -0.4 is 5.32 Å². The molecule has 1 fully saturated rings. The summed E-state index contributed by atoms with van der Waals surface area (Å²) in [6.45, 7) is 0.900. The van der Waals surface area contributed by atoms with Crippen LogP contribution in [0.15, 0.2) is 24.3 Å². The minimum Gasteiger partial charge on any atom is -0.374 e. The summed E-state index contributed by atoms with van der Waals surface area (Å²) in [5.41, 5.74) is 3.51. The second-order valence-corrected chi connectivity index (χ2v) is 6.56. The fourth-order valence-corrected chi connectivity index (χ4v) is 4.40. The zero-order valence-electron chi connectivity index (χ0n) is 10.6. The van der Waals surface area contributed by atoms with E-state index in [0.717, 1.165) is 17.5 Å². The Kier molecular flexibility index (Phi) is 2.73. The Labute approximate surface area is 126 Å². The Bertz CT molecular complexity index is 718. The van der Waals surface area contributed by atoms with Crippen LogP contribution in [0.1, 0.15) is 22.6 Å². The number of rotatable bonds is 3. The maximum absolute atomic E-state index is 9.05. The van der Waals surface area contributed by atoms with E-state index in [9.17, 15) is 0 Å². The van der Waals surface area contributed by atoms with E-state index in [0.29, 0.717) is 22.6 Å². The molecule has 1 aromatic heterocycles. The summed E-state index contributed by atoms with van der Waals surface area (Å²) in [5.74, 6) is 2.15. The first-order valence-corrected chi connectivity index (χ1v) is 7.81. The van der Waals surface area contributed by atoms with Gasteiger partial charge < -0.3 is 5.32 Å². The van der Waals surface area contributed by atoms with Gasteiger partial charge in [0.15, 0.2) is 5.15 Å². The fraction of sp³-hybridized carbons (Fsp3) is 0.333. The summed E-state index contributed by atoms with van der Waals surface area (Å²) in [4.78, 5) is 0. The van der Waals surface area contributed by atoms with Crippen molar-refractivity contribution in [3.8, 4) is 6.07 Å². The lowest BCUT2D eigenvalue weighted by molar-refractivity contribution is 0.720. The number of benzene rings is 1. The van der Waals surface area contributed by atoms with E-state index >= 15 is 0 Å². The largest absolute Gasteiger partial charge is 0.374 e. The van der Waals surface area contributed by atoms with E-state index in [1.807, 2.05) is 0 Å². The Hall–Kier alpha value is -1.57. The molecule has 0 bridgehead atoms. The molecule has 0 amide bonds. The van der Waals surface area contributed by atoms with E-state index in [1.165, 1.54) is 29.1 Å². The van der Waals surface area contributed by atoms with Gasteiger partial charge in [0.25, 0.3) is 0 Å². The highest BCUT2D eigenvalue weighted by Gasteiger charge is 2.54. The van der Waals surface area contributed by atoms with Crippen molar-refractivity contribution in [2.75, 3.05) is 11.9 Å². The summed E-state index contributed by atoms with van der Waals surface area (Å²) in [7, 11) is 0. The summed E-state index contributed by atoms with van der Waals surface area (Å²) in [5, 5.41) is 13.5. The molecule has 4 rings (SSSR count). The molecule has 0 aliphatic heterocycles. The zero-order valence-corrected chi connectivity index (χ0v) is 12.2. The van der Waals surface area contributed by atoms with Gasteiger partial charge in [-0.3, -0.25) is 0 Å². The average molecular weight is 302 g/mol. The molecule has 3 atom stereocenters. The maximum atomic E-state index is 9.05. The standard InChI is InChI=1S/C15H12ClN3S/c16-14-11(6-17)15(20-19-14)18-7-12-10-5-8-3-1-2-4-9(8)13(10)12/h1-4,10,12-13,18H,5,7H2. The van der Waals surface area contributed by atoms with Crippen molar-refractivity contribution in [3.05, 3.63) is 46.1 Å². The van der Waals surface area contributed by atoms with E-state index in [2.05, 4.69) is 40.0 Å². The van der Waals surface area contributed by atoms with Crippen LogP contribution in [0.3, 0.4) is 0 Å². The van der Waals surface area contributed by atoms with Gasteiger partial charge in [-0.2, -0.15) is 9.64 Å². The lowest BCUT2D eigenvalue weighted by Crippen LogP contribution is -2.07. The van der Waals surface area contributed by atoms with Crippen LogP contribution >= 0.6 is 23.1 Å². The van der Waals surface area contributed by atoms with E-state index < -0.39 is 0 Å². The van der Waals surface area contributed by atoms with Crippen molar-refractivity contribution < 1.29 is 0 Å². The average Bonchev–Trinajstić information content (AvgIpc) is 2.82. The van der Waals surface area contributed by atoms with Crippen molar-refractivity contribution in [1.82, 2.24) is 4.37 Å². The lowest BCUT2D eigenvalue weighted by Gasteiger charge is -2.08. The molecular formula is C15H12ClN3S. The molecule has 1 N–H and O–H groups in total. The van der Waals surface area contributed by atoms with Gasteiger partial charge in [0, 0.05) is 6.54 Å². The van der Waals surface area contributed by atoms with Crippen LogP contribution in [0.2, 0.25) is 5.15 Å². The van der Waals surface area contributed by atoms with E-state index in [1.54, 1.807) is 0 Å². The molecule has 2 aromatic rings. The van der Waals surface area contributed by atoms with Crippen molar-refractivity contribution >= 4 is 28.1 Å². The molecule has 20 heavy (non-hydrogen) atoms. The SMILES string of the molecule is N#Cc1c(Cl)nsc1NCC1C2Cc3ccccc3C12. The monoisotopic (exact) mass is 301 g/mol. The number of aromatic nitrogens is 1. The topological polar surface area (TPSA) is 48.7 Å². The van der Waals surface area contributed by atoms with Crippen LogP contribution in [-0.4, -0.2) is 10.9 Å². The third kappa shape index (κ3) is 1.74. The zero-order chi connectivity index (χ0) is 13.7. The van der Waals surface area contributed by atoms with Crippen LogP contribution in [0.4, 0.5) is 5.00 Å². The van der Waals surface area contributed by atoms with Crippen molar-refractivity contribution in [3.63, 3.8) is 0 Å². The Balaban J connectivity index is 1.45. The number of nitriles is 1. The van der Waals surface area contributed by atoms with E-state index in [-0.39, 0.29) is 0 Å². The first-order chi connectivity index (χ1) is 9.79. The van der Waals surface area contributed by atoms with Gasteiger partial charge in [-0.05, 0) is 46.8 Å². The van der Waals surface area contributed by atoms with Crippen LogP contribution in [0.25, 0.3) is 0 Å². The number of hydrogen-bond acceptors (Lipinski definition) is 4. The quantitative estimate of drug-likeness (QED) is 0.941. The van der Waals surface area contributed by atoms with Gasteiger partial charge in [0.05, 0.1) is 0 Å². The Morgan fingerprint density at radius 2 is 2.30 bits per heavy atom. The molecule has 0 spiro atoms. The third-order valence-electron chi connectivity index (χ3n) is 4.46. The molecule has 3 nitrogen and oxygen atoms in total. The molecule has 1 saturated carbocycles. The summed E-state index contributed by atoms with van der Waals surface area (Å²) >= 11 is 7.14. The second kappa shape index (κ2) is 4.47. The van der Waals surface area contributed by atoms with Crippen molar-refractivity contribution in [2.24, 2.45) is 11.8 Å². The Morgan fingerprint density at radius 3 is 3.15 bits per heavy atom. The molecule has 1 heterocycles. The van der Waals surface area contributed by atoms with Crippen LogP contribution in [0, 0.1) is 23.2 Å². The lowest BCUT2D eigenvalue weighted by atomic mass is 10.0. The molecule has 2 aliphatic carbocycles. The highest BCUT2D eigenvalue weighted by molar-refractivity contribution is 7.10. The highest BCUT2D eigenvalue weighted by Crippen LogP contribution is 2.61. The number of halogens is 1. The first-order valence-electron chi connectivity index (χ1n) is 6.66. The smallest absolute Gasteiger partial charge is 0.162 e. The first kappa shape index (κ1) is 12.2. The highest BCUT2D eigenvalue weighted by atomic mass is 35.5. The molecule has 100 valence electrons. The normalized spacial score (nSPS) is 25.7. The van der Waals surface area contributed by atoms with Crippen LogP contribution in [-0.2, 0) is 6.42 Å². The minimum absolute atomic E-state index is 0.307. The molecule has 0 radical (unpaired) electrons. The molecule has 2 aliphatic rings. The number of fused-ring (bicyclic) bond motifs is 3. The van der Waals surface area contributed by atoms with Crippen molar-refractivity contribution in [1.29, 1.82) is 5.26 Å². The fourth-order valence-electron chi connectivity index (χ4n) is 3.46. The number of anilines is 1. The molecule has 5 heteroatoms. The van der Waals surface area contributed by atoms with Gasteiger partial charge in [-0.25, -0.2) is 0 Å². The number of nitrogens with zero attached hydrogens (tertiary/aromatic N) is 2.